The second-order valence-electron chi connectivity index (χ2n) is 23.8. The lowest BCUT2D eigenvalue weighted by atomic mass is 10.0. The predicted molar refractivity (Wildman–Crippen MR) is 339 cm³/mol. The van der Waals surface area contributed by atoms with Gasteiger partial charge >= 0.3 is 17.9 Å². The summed E-state index contributed by atoms with van der Waals surface area (Å²) in [6.45, 7) is 6.67. The van der Waals surface area contributed by atoms with E-state index in [1.54, 1.807) is 0 Å². The van der Waals surface area contributed by atoms with E-state index in [0.29, 0.717) is 19.3 Å². The van der Waals surface area contributed by atoms with Gasteiger partial charge in [-0.3, -0.25) is 14.4 Å². The number of esters is 3. The molecule has 0 saturated heterocycles. The average molecular weight is 1100 g/mol. The van der Waals surface area contributed by atoms with E-state index in [1.807, 2.05) is 0 Å². The van der Waals surface area contributed by atoms with Gasteiger partial charge in [-0.05, 0) is 57.8 Å². The second kappa shape index (κ2) is 67.1. The first-order chi connectivity index (χ1) is 38.5. The van der Waals surface area contributed by atoms with Gasteiger partial charge in [-0.15, -0.1) is 0 Å². The molecule has 78 heavy (non-hydrogen) atoms. The number of allylic oxidation sites excluding steroid dienone is 6. The molecule has 0 aliphatic heterocycles. The molecule has 0 aromatic heterocycles. The molecule has 0 fully saturated rings. The third kappa shape index (κ3) is 64.5. The smallest absolute Gasteiger partial charge is 0.306 e. The van der Waals surface area contributed by atoms with Crippen molar-refractivity contribution >= 4 is 17.9 Å². The van der Waals surface area contributed by atoms with Gasteiger partial charge in [-0.2, -0.15) is 0 Å². The highest BCUT2D eigenvalue weighted by Crippen LogP contribution is 2.19. The highest BCUT2D eigenvalue weighted by molar-refractivity contribution is 5.71. The first-order valence-electron chi connectivity index (χ1n) is 35.0. The largest absolute Gasteiger partial charge is 0.462 e. The SMILES string of the molecule is CCCCC/C=C\C/C=C\C/C=C\CCCCCCCCC(=O)OC(COC(=O)CCCCCCCCCCCCCC)COC(=O)CCCCCCCCCCCCCCCCCCCCCCCCCCCCCCC. The van der Waals surface area contributed by atoms with Gasteiger partial charge < -0.3 is 14.2 Å². The Kier molecular flexibility index (Phi) is 65.1. The topological polar surface area (TPSA) is 78.9 Å². The summed E-state index contributed by atoms with van der Waals surface area (Å²) in [6, 6.07) is 0. The Morgan fingerprint density at radius 2 is 0.462 bits per heavy atom. The molecule has 0 aliphatic carbocycles. The van der Waals surface area contributed by atoms with Crippen molar-refractivity contribution < 1.29 is 28.6 Å². The molecule has 458 valence electrons. The van der Waals surface area contributed by atoms with E-state index in [4.69, 9.17) is 14.2 Å². The molecule has 0 aliphatic rings. The van der Waals surface area contributed by atoms with Crippen molar-refractivity contribution in [1.82, 2.24) is 0 Å². The van der Waals surface area contributed by atoms with E-state index in [1.165, 1.54) is 270 Å². The van der Waals surface area contributed by atoms with E-state index in [0.717, 1.165) is 77.0 Å². The molecule has 0 aromatic carbocycles. The Balaban J connectivity index is 4.17. The van der Waals surface area contributed by atoms with Crippen LogP contribution in [-0.2, 0) is 28.6 Å². The molecule has 0 heterocycles. The van der Waals surface area contributed by atoms with Crippen LogP contribution in [0.4, 0.5) is 0 Å². The summed E-state index contributed by atoms with van der Waals surface area (Å²) in [5.41, 5.74) is 0. The monoisotopic (exact) mass is 1100 g/mol. The van der Waals surface area contributed by atoms with Crippen LogP contribution in [0.2, 0.25) is 0 Å². The maximum absolute atomic E-state index is 12.9. The van der Waals surface area contributed by atoms with Crippen molar-refractivity contribution in [2.24, 2.45) is 0 Å². The molecule has 0 saturated carbocycles. The van der Waals surface area contributed by atoms with Crippen molar-refractivity contribution in [2.75, 3.05) is 13.2 Å². The number of carbonyl (C=O) groups excluding carboxylic acids is 3. The number of carbonyl (C=O) groups is 3. The van der Waals surface area contributed by atoms with Crippen LogP contribution in [0.5, 0.6) is 0 Å². The van der Waals surface area contributed by atoms with Gasteiger partial charge in [-0.25, -0.2) is 0 Å². The van der Waals surface area contributed by atoms with Crippen LogP contribution in [0.15, 0.2) is 36.5 Å². The fraction of sp³-hybridized carbons (Fsp3) is 0.875. The van der Waals surface area contributed by atoms with Crippen molar-refractivity contribution in [1.29, 1.82) is 0 Å². The molecule has 1 atom stereocenters. The van der Waals surface area contributed by atoms with Crippen LogP contribution >= 0.6 is 0 Å². The lowest BCUT2D eigenvalue weighted by Gasteiger charge is -2.18. The van der Waals surface area contributed by atoms with E-state index in [9.17, 15) is 14.4 Å². The Morgan fingerprint density at radius 1 is 0.256 bits per heavy atom. The van der Waals surface area contributed by atoms with Crippen molar-refractivity contribution in [3.05, 3.63) is 36.5 Å². The zero-order chi connectivity index (χ0) is 56.4. The minimum Gasteiger partial charge on any atom is -0.462 e. The fourth-order valence-electron chi connectivity index (χ4n) is 10.6. The number of rotatable bonds is 65. The third-order valence-electron chi connectivity index (χ3n) is 15.9. The molecule has 0 amide bonds. The first kappa shape index (κ1) is 75.6. The Hall–Kier alpha value is -2.37. The quantitative estimate of drug-likeness (QED) is 0.0261. The van der Waals surface area contributed by atoms with Crippen LogP contribution in [0.3, 0.4) is 0 Å². The molecule has 1 unspecified atom stereocenters. The summed E-state index contributed by atoms with van der Waals surface area (Å²) in [5.74, 6) is -0.858. The number of hydrogen-bond acceptors (Lipinski definition) is 6. The molecule has 0 bridgehead atoms. The Labute approximate surface area is 486 Å². The highest BCUT2D eigenvalue weighted by atomic mass is 16.6. The molecule has 6 heteroatoms. The van der Waals surface area contributed by atoms with Crippen LogP contribution in [0, 0.1) is 0 Å². The maximum Gasteiger partial charge on any atom is 0.306 e. The first-order valence-corrected chi connectivity index (χ1v) is 35.0. The van der Waals surface area contributed by atoms with Crippen LogP contribution in [0.25, 0.3) is 0 Å². The summed E-state index contributed by atoms with van der Waals surface area (Å²) in [7, 11) is 0. The van der Waals surface area contributed by atoms with Gasteiger partial charge in [0.05, 0.1) is 0 Å². The summed E-state index contributed by atoms with van der Waals surface area (Å²) in [4.78, 5) is 38.3. The predicted octanol–water partition coefficient (Wildman–Crippen LogP) is 23.9. The minimum absolute atomic E-state index is 0.0721. The van der Waals surface area contributed by atoms with E-state index < -0.39 is 6.10 Å². The van der Waals surface area contributed by atoms with Crippen LogP contribution < -0.4 is 0 Å². The van der Waals surface area contributed by atoms with Gasteiger partial charge in [0.15, 0.2) is 6.10 Å². The average Bonchev–Trinajstić information content (AvgIpc) is 3.44. The van der Waals surface area contributed by atoms with E-state index in [2.05, 4.69) is 57.2 Å². The number of ether oxygens (including phenoxy) is 3. The molecular formula is C72H134O6. The minimum atomic E-state index is -0.776. The highest BCUT2D eigenvalue weighted by Gasteiger charge is 2.19. The standard InChI is InChI=1S/C72H134O6/c1-4-7-10-13-16-19-22-25-27-29-31-32-33-34-35-36-37-38-39-40-42-43-45-47-50-53-56-59-62-65-71(74)77-68-69(67-76-70(73)64-61-58-55-52-49-24-21-18-15-12-9-6-3)78-72(75)66-63-60-57-54-51-48-46-44-41-30-28-26-23-20-17-14-11-8-5-2/h17,20,26,28,41,44,69H,4-16,18-19,21-25,27,29-40,42-43,45-68H2,1-3H3/b20-17-,28-26-,44-41-. The summed E-state index contributed by atoms with van der Waals surface area (Å²) >= 11 is 0. The zero-order valence-corrected chi connectivity index (χ0v) is 52.7. The van der Waals surface area contributed by atoms with Gasteiger partial charge in [0, 0.05) is 19.3 Å². The van der Waals surface area contributed by atoms with Crippen LogP contribution in [-0.4, -0.2) is 37.2 Å². The van der Waals surface area contributed by atoms with Crippen molar-refractivity contribution in [3.8, 4) is 0 Å². The third-order valence-corrected chi connectivity index (χ3v) is 15.9. The molecule has 0 radical (unpaired) electrons. The lowest BCUT2D eigenvalue weighted by Crippen LogP contribution is -2.30. The summed E-state index contributed by atoms with van der Waals surface area (Å²) in [5, 5.41) is 0. The molecule has 0 aromatic rings. The molecule has 0 N–H and O–H groups in total. The lowest BCUT2D eigenvalue weighted by molar-refractivity contribution is -0.167. The van der Waals surface area contributed by atoms with Gasteiger partial charge in [0.2, 0.25) is 0 Å². The summed E-state index contributed by atoms with van der Waals surface area (Å²) < 4.78 is 17.0. The number of hydrogen-bond donors (Lipinski definition) is 0. The van der Waals surface area contributed by atoms with E-state index in [-0.39, 0.29) is 31.1 Å². The molecule has 0 spiro atoms. The zero-order valence-electron chi connectivity index (χ0n) is 52.7. The second-order valence-corrected chi connectivity index (χ2v) is 23.8. The molecular weight excluding hydrogens is 961 g/mol. The molecule has 6 nitrogen and oxygen atoms in total. The Morgan fingerprint density at radius 3 is 0.744 bits per heavy atom. The molecule has 0 rings (SSSR count). The van der Waals surface area contributed by atoms with Crippen molar-refractivity contribution in [3.63, 3.8) is 0 Å². The summed E-state index contributed by atoms with van der Waals surface area (Å²) in [6.07, 6.45) is 83.2. The van der Waals surface area contributed by atoms with Gasteiger partial charge in [0.1, 0.15) is 13.2 Å². The van der Waals surface area contributed by atoms with Crippen LogP contribution in [0.1, 0.15) is 387 Å². The fourth-order valence-corrected chi connectivity index (χ4v) is 10.6. The van der Waals surface area contributed by atoms with Gasteiger partial charge in [-0.1, -0.05) is 346 Å². The van der Waals surface area contributed by atoms with Gasteiger partial charge in [0.25, 0.3) is 0 Å². The van der Waals surface area contributed by atoms with Crippen molar-refractivity contribution in [2.45, 2.75) is 393 Å². The number of unbranched alkanes of at least 4 members (excludes halogenated alkanes) is 48. The van der Waals surface area contributed by atoms with E-state index >= 15 is 0 Å². The Bertz CT molecular complexity index is 1300. The maximum atomic E-state index is 12.9. The normalized spacial score (nSPS) is 12.2.